The standard InChI is InChI=1S/C23H28N4O2/c1-17-7-6-12-26(14-17)15-19-9-3-2-8-18(19)13-24-22(28)16-27-21-11-5-4-10-20(21)25-23(27)29/h2-5,8-11,17H,6-7,12-16H2,1H3,(H,24,28)(H,25,29). The van der Waals surface area contributed by atoms with Crippen molar-refractivity contribution in [2.75, 3.05) is 13.1 Å². The molecule has 0 bridgehead atoms. The highest BCUT2D eigenvalue weighted by Gasteiger charge is 2.17. The summed E-state index contributed by atoms with van der Waals surface area (Å²) in [5.41, 5.74) is 3.61. The summed E-state index contributed by atoms with van der Waals surface area (Å²) in [7, 11) is 0. The molecule has 1 saturated heterocycles. The van der Waals surface area contributed by atoms with Gasteiger partial charge in [-0.1, -0.05) is 43.3 Å². The molecule has 0 aliphatic carbocycles. The van der Waals surface area contributed by atoms with Gasteiger partial charge in [-0.25, -0.2) is 4.79 Å². The van der Waals surface area contributed by atoms with Crippen LogP contribution in [0.4, 0.5) is 0 Å². The number of nitrogens with zero attached hydrogens (tertiary/aromatic N) is 2. The number of likely N-dealkylation sites (tertiary alicyclic amines) is 1. The number of benzene rings is 2. The zero-order valence-corrected chi connectivity index (χ0v) is 16.9. The van der Waals surface area contributed by atoms with Crippen molar-refractivity contribution in [3.05, 3.63) is 70.1 Å². The van der Waals surface area contributed by atoms with Gasteiger partial charge in [0.05, 0.1) is 11.0 Å². The van der Waals surface area contributed by atoms with E-state index in [2.05, 4.69) is 40.3 Å². The van der Waals surface area contributed by atoms with Crippen molar-refractivity contribution >= 4 is 16.9 Å². The Morgan fingerprint density at radius 1 is 1.14 bits per heavy atom. The monoisotopic (exact) mass is 392 g/mol. The number of fused-ring (bicyclic) bond motifs is 1. The molecule has 1 fully saturated rings. The second kappa shape index (κ2) is 8.66. The highest BCUT2D eigenvalue weighted by molar-refractivity contribution is 5.80. The fourth-order valence-electron chi connectivity index (χ4n) is 4.21. The SMILES string of the molecule is CC1CCCN(Cc2ccccc2CNC(=O)Cn2c(=O)[nH]c3ccccc32)C1. The van der Waals surface area contributed by atoms with Crippen molar-refractivity contribution in [1.82, 2.24) is 19.8 Å². The molecule has 2 heterocycles. The van der Waals surface area contributed by atoms with Crippen LogP contribution >= 0.6 is 0 Å². The van der Waals surface area contributed by atoms with Gasteiger partial charge in [-0.3, -0.25) is 14.3 Å². The van der Waals surface area contributed by atoms with Crippen molar-refractivity contribution in [3.8, 4) is 0 Å². The number of aromatic nitrogens is 2. The van der Waals surface area contributed by atoms with Crippen LogP contribution in [0.2, 0.25) is 0 Å². The molecule has 152 valence electrons. The van der Waals surface area contributed by atoms with E-state index in [0.29, 0.717) is 6.54 Å². The van der Waals surface area contributed by atoms with Crippen molar-refractivity contribution < 1.29 is 4.79 Å². The molecule has 2 aromatic carbocycles. The summed E-state index contributed by atoms with van der Waals surface area (Å²) in [6.45, 7) is 5.96. The first-order valence-electron chi connectivity index (χ1n) is 10.3. The number of para-hydroxylation sites is 2. The van der Waals surface area contributed by atoms with Gasteiger partial charge in [-0.15, -0.1) is 0 Å². The second-order valence-electron chi connectivity index (χ2n) is 8.06. The highest BCUT2D eigenvalue weighted by atomic mass is 16.2. The van der Waals surface area contributed by atoms with E-state index in [1.54, 1.807) is 0 Å². The molecule has 1 aliphatic heterocycles. The van der Waals surface area contributed by atoms with Crippen LogP contribution in [-0.2, 0) is 24.4 Å². The summed E-state index contributed by atoms with van der Waals surface area (Å²) < 4.78 is 1.48. The molecule has 0 spiro atoms. The van der Waals surface area contributed by atoms with Crippen LogP contribution in [0.15, 0.2) is 53.3 Å². The third-order valence-corrected chi connectivity index (χ3v) is 5.71. The maximum atomic E-state index is 12.5. The molecule has 4 rings (SSSR count). The first-order chi connectivity index (χ1) is 14.1. The van der Waals surface area contributed by atoms with Crippen molar-refractivity contribution in [1.29, 1.82) is 0 Å². The molecule has 0 saturated carbocycles. The third-order valence-electron chi connectivity index (χ3n) is 5.71. The lowest BCUT2D eigenvalue weighted by Crippen LogP contribution is -2.34. The van der Waals surface area contributed by atoms with Gasteiger partial charge in [-0.2, -0.15) is 0 Å². The minimum absolute atomic E-state index is 0.00858. The zero-order chi connectivity index (χ0) is 20.2. The highest BCUT2D eigenvalue weighted by Crippen LogP contribution is 2.19. The molecule has 1 unspecified atom stereocenters. The second-order valence-corrected chi connectivity index (χ2v) is 8.06. The van der Waals surface area contributed by atoms with Gasteiger partial charge in [0.2, 0.25) is 5.91 Å². The number of carbonyl (C=O) groups is 1. The van der Waals surface area contributed by atoms with Crippen LogP contribution in [0.1, 0.15) is 30.9 Å². The summed E-state index contributed by atoms with van der Waals surface area (Å²) in [6.07, 6.45) is 2.56. The largest absolute Gasteiger partial charge is 0.350 e. The number of amides is 1. The number of piperidine rings is 1. The molecule has 6 nitrogen and oxygen atoms in total. The smallest absolute Gasteiger partial charge is 0.326 e. The lowest BCUT2D eigenvalue weighted by Gasteiger charge is -2.31. The Bertz CT molecular complexity index is 1050. The molecule has 1 atom stereocenters. The maximum absolute atomic E-state index is 12.5. The van der Waals surface area contributed by atoms with Gasteiger partial charge < -0.3 is 10.3 Å². The number of imidazole rings is 1. The average Bonchev–Trinajstić information content (AvgIpc) is 3.03. The number of nitrogens with one attached hydrogen (secondary N) is 2. The lowest BCUT2D eigenvalue weighted by atomic mass is 9.99. The fraction of sp³-hybridized carbons (Fsp3) is 0.391. The van der Waals surface area contributed by atoms with E-state index in [0.717, 1.165) is 42.1 Å². The van der Waals surface area contributed by atoms with E-state index in [-0.39, 0.29) is 18.1 Å². The molecule has 6 heteroatoms. The van der Waals surface area contributed by atoms with Gasteiger partial charge >= 0.3 is 5.69 Å². The predicted octanol–water partition coefficient (Wildman–Crippen LogP) is 2.88. The molecular formula is C23H28N4O2. The molecule has 0 radical (unpaired) electrons. The Morgan fingerprint density at radius 3 is 2.72 bits per heavy atom. The zero-order valence-electron chi connectivity index (χ0n) is 16.9. The van der Waals surface area contributed by atoms with Gasteiger partial charge in [0.15, 0.2) is 0 Å². The van der Waals surface area contributed by atoms with E-state index >= 15 is 0 Å². The number of hydrogen-bond donors (Lipinski definition) is 2. The quantitative estimate of drug-likeness (QED) is 0.678. The predicted molar refractivity (Wildman–Crippen MR) is 115 cm³/mol. The third kappa shape index (κ3) is 4.59. The Balaban J connectivity index is 1.40. The van der Waals surface area contributed by atoms with Crippen LogP contribution in [0.3, 0.4) is 0 Å². The topological polar surface area (TPSA) is 70.1 Å². The van der Waals surface area contributed by atoms with Crippen LogP contribution in [0.5, 0.6) is 0 Å². The number of aromatic amines is 1. The summed E-state index contributed by atoms with van der Waals surface area (Å²) >= 11 is 0. The summed E-state index contributed by atoms with van der Waals surface area (Å²) in [4.78, 5) is 30.0. The maximum Gasteiger partial charge on any atom is 0.326 e. The number of H-pyrrole nitrogens is 1. The average molecular weight is 393 g/mol. The van der Waals surface area contributed by atoms with Crippen molar-refractivity contribution in [2.24, 2.45) is 5.92 Å². The Hall–Kier alpha value is -2.86. The van der Waals surface area contributed by atoms with Gasteiger partial charge in [0, 0.05) is 19.6 Å². The first-order valence-corrected chi connectivity index (χ1v) is 10.3. The molecule has 1 amide bonds. The molecule has 1 aromatic heterocycles. The normalized spacial score (nSPS) is 17.5. The number of hydrogen-bond acceptors (Lipinski definition) is 3. The van der Waals surface area contributed by atoms with E-state index < -0.39 is 0 Å². The molecule has 2 N–H and O–H groups in total. The Morgan fingerprint density at radius 2 is 1.90 bits per heavy atom. The number of carbonyl (C=O) groups excluding carboxylic acids is 1. The Kier molecular flexibility index (Phi) is 5.81. The summed E-state index contributed by atoms with van der Waals surface area (Å²) in [5.74, 6) is 0.573. The van der Waals surface area contributed by atoms with Gasteiger partial charge in [0.25, 0.3) is 0 Å². The van der Waals surface area contributed by atoms with Crippen LogP contribution < -0.4 is 11.0 Å². The minimum Gasteiger partial charge on any atom is -0.350 e. The number of rotatable bonds is 6. The van der Waals surface area contributed by atoms with Crippen LogP contribution in [-0.4, -0.2) is 33.4 Å². The summed E-state index contributed by atoms with van der Waals surface area (Å²) in [5, 5.41) is 2.98. The van der Waals surface area contributed by atoms with Crippen LogP contribution in [0, 0.1) is 5.92 Å². The Labute approximate surface area is 170 Å². The first kappa shape index (κ1) is 19.5. The van der Waals surface area contributed by atoms with Crippen molar-refractivity contribution in [3.63, 3.8) is 0 Å². The van der Waals surface area contributed by atoms with Gasteiger partial charge in [-0.05, 0) is 48.6 Å². The molecule has 1 aliphatic rings. The minimum atomic E-state index is -0.263. The van der Waals surface area contributed by atoms with Crippen LogP contribution in [0.25, 0.3) is 11.0 Å². The molecule has 29 heavy (non-hydrogen) atoms. The molecule has 3 aromatic rings. The molecular weight excluding hydrogens is 364 g/mol. The van der Waals surface area contributed by atoms with Crippen molar-refractivity contribution in [2.45, 2.75) is 39.4 Å². The van der Waals surface area contributed by atoms with E-state index in [9.17, 15) is 9.59 Å². The lowest BCUT2D eigenvalue weighted by molar-refractivity contribution is -0.121. The fourth-order valence-corrected chi connectivity index (χ4v) is 4.21. The summed E-state index contributed by atoms with van der Waals surface area (Å²) in [6, 6.07) is 15.7. The van der Waals surface area contributed by atoms with E-state index in [4.69, 9.17) is 0 Å². The van der Waals surface area contributed by atoms with E-state index in [1.807, 2.05) is 30.3 Å². The van der Waals surface area contributed by atoms with Gasteiger partial charge in [0.1, 0.15) is 6.54 Å². The van der Waals surface area contributed by atoms with E-state index in [1.165, 1.54) is 23.0 Å².